The Morgan fingerprint density at radius 3 is 2.36 bits per heavy atom. The Hall–Kier alpha value is -1.59. The Morgan fingerprint density at radius 2 is 1.75 bits per heavy atom. The summed E-state index contributed by atoms with van der Waals surface area (Å²) in [6.45, 7) is 6.91. The van der Waals surface area contributed by atoms with Gasteiger partial charge in [-0.3, -0.25) is 14.4 Å². The second-order valence-corrected chi connectivity index (χ2v) is 9.72. The highest BCUT2D eigenvalue weighted by atomic mass is 16.4. The van der Waals surface area contributed by atoms with Crippen molar-refractivity contribution in [3.63, 3.8) is 0 Å². The minimum absolute atomic E-state index is 0.0161. The van der Waals surface area contributed by atoms with Crippen molar-refractivity contribution < 1.29 is 19.5 Å². The molecule has 0 aromatic rings. The van der Waals surface area contributed by atoms with Crippen molar-refractivity contribution in [2.75, 3.05) is 13.1 Å². The average Bonchev–Trinajstić information content (AvgIpc) is 2.65. The van der Waals surface area contributed by atoms with Crippen LogP contribution in [0.15, 0.2) is 0 Å². The van der Waals surface area contributed by atoms with Crippen molar-refractivity contribution in [3.8, 4) is 0 Å². The third-order valence-corrected chi connectivity index (χ3v) is 6.12. The number of carbonyl (C=O) groups excluding carboxylic acids is 2. The molecule has 1 aliphatic heterocycles. The third-order valence-electron chi connectivity index (χ3n) is 6.12. The summed E-state index contributed by atoms with van der Waals surface area (Å²) >= 11 is 0. The molecule has 1 saturated carbocycles. The molecule has 2 aliphatic rings. The van der Waals surface area contributed by atoms with Crippen molar-refractivity contribution in [2.45, 2.75) is 91.0 Å². The van der Waals surface area contributed by atoms with E-state index < -0.39 is 11.4 Å². The Bertz CT molecular complexity index is 549. The number of aliphatic carboxylic acids is 1. The van der Waals surface area contributed by atoms with Gasteiger partial charge in [0.2, 0.25) is 11.8 Å². The lowest BCUT2D eigenvalue weighted by Crippen LogP contribution is -2.50. The van der Waals surface area contributed by atoms with Crippen LogP contribution in [0.4, 0.5) is 0 Å². The molecular formula is C22H38N2O4. The largest absolute Gasteiger partial charge is 0.481 e. The zero-order chi connectivity index (χ0) is 20.7. The van der Waals surface area contributed by atoms with Gasteiger partial charge in [-0.1, -0.05) is 52.9 Å². The Kier molecular flexibility index (Phi) is 8.32. The smallest absolute Gasteiger partial charge is 0.303 e. The van der Waals surface area contributed by atoms with E-state index in [9.17, 15) is 14.4 Å². The van der Waals surface area contributed by atoms with Gasteiger partial charge in [-0.25, -0.2) is 0 Å². The number of hydrogen-bond acceptors (Lipinski definition) is 3. The second-order valence-electron chi connectivity index (χ2n) is 9.72. The Balaban J connectivity index is 1.94. The van der Waals surface area contributed by atoms with Gasteiger partial charge in [-0.05, 0) is 31.6 Å². The Labute approximate surface area is 169 Å². The van der Waals surface area contributed by atoms with Gasteiger partial charge in [0.25, 0.3) is 0 Å². The van der Waals surface area contributed by atoms with E-state index in [-0.39, 0.29) is 30.2 Å². The van der Waals surface area contributed by atoms with Gasteiger partial charge in [-0.2, -0.15) is 0 Å². The fourth-order valence-corrected chi connectivity index (χ4v) is 4.54. The molecule has 0 spiro atoms. The number of carboxylic acid groups (broad SMARTS) is 1. The molecule has 1 saturated heterocycles. The lowest BCUT2D eigenvalue weighted by atomic mass is 9.83. The maximum absolute atomic E-state index is 12.9. The maximum atomic E-state index is 12.9. The maximum Gasteiger partial charge on any atom is 0.303 e. The number of likely N-dealkylation sites (tertiary alicyclic amines) is 1. The third kappa shape index (κ3) is 7.10. The summed E-state index contributed by atoms with van der Waals surface area (Å²) in [6.07, 6.45) is 9.16. The molecule has 2 amide bonds. The van der Waals surface area contributed by atoms with Crippen LogP contribution in [0.5, 0.6) is 0 Å². The minimum atomic E-state index is -0.817. The molecule has 28 heavy (non-hydrogen) atoms. The van der Waals surface area contributed by atoms with Gasteiger partial charge in [0.1, 0.15) is 0 Å². The van der Waals surface area contributed by atoms with Gasteiger partial charge in [0.15, 0.2) is 0 Å². The van der Waals surface area contributed by atoms with E-state index in [2.05, 4.69) is 5.32 Å². The average molecular weight is 395 g/mol. The highest BCUT2D eigenvalue weighted by Gasteiger charge is 2.34. The molecule has 1 heterocycles. The van der Waals surface area contributed by atoms with E-state index in [4.69, 9.17) is 5.11 Å². The fourth-order valence-electron chi connectivity index (χ4n) is 4.54. The summed E-state index contributed by atoms with van der Waals surface area (Å²) in [5.41, 5.74) is -0.441. The van der Waals surface area contributed by atoms with E-state index >= 15 is 0 Å². The normalized spacial score (nSPS) is 22.5. The van der Waals surface area contributed by atoms with Crippen LogP contribution in [-0.4, -0.2) is 46.9 Å². The number of nitrogens with one attached hydrogen (secondary N) is 1. The molecule has 2 N–H and O–H groups in total. The Morgan fingerprint density at radius 1 is 1.07 bits per heavy atom. The number of carboxylic acids is 1. The standard InChI is InChI=1S/C22H38N2O4/c1-22(2,3)21(28)24-13-7-10-17(15-24)20(27)23-18(11-12-19(25)26)14-16-8-5-4-6-9-16/h16-18H,4-15H2,1-3H3,(H,23,27)(H,25,26). The van der Waals surface area contributed by atoms with Crippen LogP contribution in [-0.2, 0) is 14.4 Å². The highest BCUT2D eigenvalue weighted by Crippen LogP contribution is 2.29. The first-order chi connectivity index (χ1) is 13.2. The molecule has 0 bridgehead atoms. The topological polar surface area (TPSA) is 86.7 Å². The number of amides is 2. The summed E-state index contributed by atoms with van der Waals surface area (Å²) in [7, 11) is 0. The number of rotatable bonds is 7. The zero-order valence-corrected chi connectivity index (χ0v) is 17.8. The zero-order valence-electron chi connectivity index (χ0n) is 17.8. The van der Waals surface area contributed by atoms with E-state index in [1.807, 2.05) is 25.7 Å². The summed E-state index contributed by atoms with van der Waals surface area (Å²) < 4.78 is 0. The molecule has 0 radical (unpaired) electrons. The van der Waals surface area contributed by atoms with Crippen molar-refractivity contribution in [1.82, 2.24) is 10.2 Å². The molecule has 2 fully saturated rings. The van der Waals surface area contributed by atoms with Gasteiger partial charge in [0, 0.05) is 31.0 Å². The molecule has 0 aromatic heterocycles. The van der Waals surface area contributed by atoms with Crippen LogP contribution < -0.4 is 5.32 Å². The van der Waals surface area contributed by atoms with Gasteiger partial charge >= 0.3 is 5.97 Å². The van der Waals surface area contributed by atoms with Crippen LogP contribution in [0.3, 0.4) is 0 Å². The van der Waals surface area contributed by atoms with E-state index in [0.29, 0.717) is 25.4 Å². The van der Waals surface area contributed by atoms with E-state index in [0.717, 1.165) is 19.3 Å². The molecule has 160 valence electrons. The molecule has 2 unspecified atom stereocenters. The van der Waals surface area contributed by atoms with Crippen LogP contribution in [0.1, 0.15) is 85.0 Å². The number of carbonyl (C=O) groups is 3. The predicted molar refractivity (Wildman–Crippen MR) is 109 cm³/mol. The van der Waals surface area contributed by atoms with Gasteiger partial charge in [-0.15, -0.1) is 0 Å². The summed E-state index contributed by atoms with van der Waals surface area (Å²) in [5.74, 6) is -0.355. The SMILES string of the molecule is CC(C)(C)C(=O)N1CCCC(C(=O)NC(CCC(=O)O)CC2CCCCC2)C1. The number of nitrogens with zero attached hydrogens (tertiary/aromatic N) is 1. The molecule has 0 aromatic carbocycles. The van der Waals surface area contributed by atoms with Crippen molar-refractivity contribution in [3.05, 3.63) is 0 Å². The van der Waals surface area contributed by atoms with Gasteiger partial charge < -0.3 is 15.3 Å². The molecule has 1 aliphatic carbocycles. The van der Waals surface area contributed by atoms with Gasteiger partial charge in [0.05, 0.1) is 5.92 Å². The summed E-state index contributed by atoms with van der Waals surface area (Å²) in [4.78, 5) is 38.4. The summed E-state index contributed by atoms with van der Waals surface area (Å²) in [6, 6.07) is -0.0830. The minimum Gasteiger partial charge on any atom is -0.481 e. The van der Waals surface area contributed by atoms with Crippen LogP contribution in [0.2, 0.25) is 0 Å². The highest BCUT2D eigenvalue weighted by molar-refractivity contribution is 5.84. The van der Waals surface area contributed by atoms with Crippen LogP contribution in [0.25, 0.3) is 0 Å². The molecule has 2 atom stereocenters. The first-order valence-electron chi connectivity index (χ1n) is 11.0. The van der Waals surface area contributed by atoms with Crippen LogP contribution in [0, 0.1) is 17.3 Å². The molecular weight excluding hydrogens is 356 g/mol. The fraction of sp³-hybridized carbons (Fsp3) is 0.864. The summed E-state index contributed by atoms with van der Waals surface area (Å²) in [5, 5.41) is 12.2. The monoisotopic (exact) mass is 394 g/mol. The van der Waals surface area contributed by atoms with Crippen LogP contribution >= 0.6 is 0 Å². The molecule has 2 rings (SSSR count). The lowest BCUT2D eigenvalue weighted by Gasteiger charge is -2.36. The lowest BCUT2D eigenvalue weighted by molar-refractivity contribution is -0.143. The van der Waals surface area contributed by atoms with E-state index in [1.54, 1.807) is 0 Å². The first kappa shape index (κ1) is 22.7. The second kappa shape index (κ2) is 10.3. The first-order valence-corrected chi connectivity index (χ1v) is 11.0. The molecule has 6 heteroatoms. The quantitative estimate of drug-likeness (QED) is 0.691. The van der Waals surface area contributed by atoms with Crippen molar-refractivity contribution >= 4 is 17.8 Å². The van der Waals surface area contributed by atoms with Crippen molar-refractivity contribution in [1.29, 1.82) is 0 Å². The number of piperidine rings is 1. The van der Waals surface area contributed by atoms with Crippen molar-refractivity contribution in [2.24, 2.45) is 17.3 Å². The molecule has 6 nitrogen and oxygen atoms in total. The number of hydrogen-bond donors (Lipinski definition) is 2. The van der Waals surface area contributed by atoms with E-state index in [1.165, 1.54) is 32.1 Å². The predicted octanol–water partition coefficient (Wildman–Crippen LogP) is 3.59.